The highest BCUT2D eigenvalue weighted by atomic mass is 16.1. The Bertz CT molecular complexity index is 840. The molecule has 1 fully saturated rings. The average molecular weight is 319 g/mol. The Balaban J connectivity index is 1.38. The van der Waals surface area contributed by atoms with Gasteiger partial charge in [-0.2, -0.15) is 0 Å². The van der Waals surface area contributed by atoms with Crippen LogP contribution in [0.1, 0.15) is 22.3 Å². The standard InChI is InChI=1S/C20H21N3O/c24-20(18-12-21-19-9-5-4-8-17(18)19)22-16-10-11-23(14-16)13-15-6-2-1-3-7-15/h1-9,12,16,21H,10-11,13-14H2,(H,22,24)/t16-/m1/s1. The Hall–Kier alpha value is -2.59. The number of fused-ring (bicyclic) bond motifs is 1. The van der Waals surface area contributed by atoms with Gasteiger partial charge in [0.25, 0.3) is 5.91 Å². The first-order valence-electron chi connectivity index (χ1n) is 8.43. The summed E-state index contributed by atoms with van der Waals surface area (Å²) in [5.41, 5.74) is 3.05. The average Bonchev–Trinajstić information content (AvgIpc) is 3.22. The highest BCUT2D eigenvalue weighted by Crippen LogP contribution is 2.19. The van der Waals surface area contributed by atoms with E-state index in [0.29, 0.717) is 0 Å². The molecule has 1 amide bonds. The number of para-hydroxylation sites is 1. The molecular formula is C20H21N3O. The monoisotopic (exact) mass is 319 g/mol. The normalized spacial score (nSPS) is 18.1. The number of likely N-dealkylation sites (tertiary alicyclic amines) is 1. The van der Waals surface area contributed by atoms with E-state index in [2.05, 4.69) is 39.5 Å². The number of H-pyrrole nitrogens is 1. The number of carbonyl (C=O) groups excluding carboxylic acids is 1. The van der Waals surface area contributed by atoms with Gasteiger partial charge in [0.1, 0.15) is 0 Å². The van der Waals surface area contributed by atoms with Crippen molar-refractivity contribution in [2.45, 2.75) is 19.0 Å². The molecule has 1 saturated heterocycles. The third-order valence-electron chi connectivity index (χ3n) is 4.69. The van der Waals surface area contributed by atoms with Gasteiger partial charge < -0.3 is 10.3 Å². The van der Waals surface area contributed by atoms with Crippen molar-refractivity contribution in [1.82, 2.24) is 15.2 Å². The summed E-state index contributed by atoms with van der Waals surface area (Å²) in [7, 11) is 0. The fourth-order valence-corrected chi connectivity index (χ4v) is 3.46. The number of nitrogens with one attached hydrogen (secondary N) is 2. The molecular weight excluding hydrogens is 298 g/mol. The minimum absolute atomic E-state index is 0.0130. The van der Waals surface area contributed by atoms with Gasteiger partial charge in [-0.25, -0.2) is 0 Å². The van der Waals surface area contributed by atoms with Gasteiger partial charge in [-0.05, 0) is 18.1 Å². The molecule has 0 saturated carbocycles. The maximum absolute atomic E-state index is 12.6. The van der Waals surface area contributed by atoms with E-state index in [0.717, 1.165) is 42.5 Å². The van der Waals surface area contributed by atoms with E-state index in [1.165, 1.54) is 5.56 Å². The number of aromatic amines is 1. The molecule has 0 bridgehead atoms. The maximum atomic E-state index is 12.6. The van der Waals surface area contributed by atoms with Crippen LogP contribution in [0.5, 0.6) is 0 Å². The molecule has 4 rings (SSSR count). The van der Waals surface area contributed by atoms with Crippen molar-refractivity contribution in [2.75, 3.05) is 13.1 Å². The zero-order valence-corrected chi connectivity index (χ0v) is 13.5. The number of rotatable bonds is 4. The lowest BCUT2D eigenvalue weighted by atomic mass is 10.1. The van der Waals surface area contributed by atoms with Crippen LogP contribution in [0.3, 0.4) is 0 Å². The molecule has 0 unspecified atom stereocenters. The predicted octanol–water partition coefficient (Wildman–Crippen LogP) is 3.17. The molecule has 2 heterocycles. The molecule has 0 radical (unpaired) electrons. The zero-order valence-electron chi connectivity index (χ0n) is 13.5. The van der Waals surface area contributed by atoms with Gasteiger partial charge in [0, 0.05) is 42.8 Å². The molecule has 1 aliphatic heterocycles. The highest BCUT2D eigenvalue weighted by molar-refractivity contribution is 6.06. The molecule has 0 aliphatic carbocycles. The minimum atomic E-state index is 0.0130. The maximum Gasteiger partial charge on any atom is 0.253 e. The van der Waals surface area contributed by atoms with Gasteiger partial charge in [0.15, 0.2) is 0 Å². The van der Waals surface area contributed by atoms with Gasteiger partial charge in [-0.15, -0.1) is 0 Å². The van der Waals surface area contributed by atoms with Crippen molar-refractivity contribution < 1.29 is 4.79 Å². The summed E-state index contributed by atoms with van der Waals surface area (Å²) in [5, 5.41) is 4.17. The Morgan fingerprint density at radius 2 is 1.92 bits per heavy atom. The Morgan fingerprint density at radius 3 is 2.79 bits per heavy atom. The van der Waals surface area contributed by atoms with E-state index < -0.39 is 0 Å². The Morgan fingerprint density at radius 1 is 1.12 bits per heavy atom. The van der Waals surface area contributed by atoms with Crippen molar-refractivity contribution in [3.05, 3.63) is 71.9 Å². The third kappa shape index (κ3) is 3.05. The van der Waals surface area contributed by atoms with Crippen LogP contribution in [0.2, 0.25) is 0 Å². The lowest BCUT2D eigenvalue weighted by Gasteiger charge is -2.16. The number of carbonyl (C=O) groups is 1. The number of hydrogen-bond donors (Lipinski definition) is 2. The van der Waals surface area contributed by atoms with Crippen molar-refractivity contribution in [1.29, 1.82) is 0 Å². The van der Waals surface area contributed by atoms with E-state index in [1.807, 2.05) is 30.3 Å². The van der Waals surface area contributed by atoms with Gasteiger partial charge in [-0.1, -0.05) is 48.5 Å². The summed E-state index contributed by atoms with van der Waals surface area (Å²) >= 11 is 0. The SMILES string of the molecule is O=C(N[C@@H]1CCN(Cc2ccccc2)C1)c1c[nH]c2ccccc12. The first kappa shape index (κ1) is 15.0. The van der Waals surface area contributed by atoms with Crippen LogP contribution in [0, 0.1) is 0 Å². The van der Waals surface area contributed by atoms with Crippen LogP contribution in [0.15, 0.2) is 60.8 Å². The predicted molar refractivity (Wildman–Crippen MR) is 95.9 cm³/mol. The fraction of sp³-hybridized carbons (Fsp3) is 0.250. The molecule has 4 heteroatoms. The fourth-order valence-electron chi connectivity index (χ4n) is 3.46. The molecule has 1 atom stereocenters. The van der Waals surface area contributed by atoms with Gasteiger partial charge in [0.2, 0.25) is 0 Å². The summed E-state index contributed by atoms with van der Waals surface area (Å²) in [6, 6.07) is 18.6. The number of hydrogen-bond acceptors (Lipinski definition) is 2. The summed E-state index contributed by atoms with van der Waals surface area (Å²) in [6.07, 6.45) is 2.80. The lowest BCUT2D eigenvalue weighted by molar-refractivity contribution is 0.0939. The van der Waals surface area contributed by atoms with Crippen LogP contribution in [-0.2, 0) is 6.54 Å². The molecule has 2 aromatic carbocycles. The van der Waals surface area contributed by atoms with Crippen LogP contribution in [0.25, 0.3) is 10.9 Å². The van der Waals surface area contributed by atoms with E-state index in [-0.39, 0.29) is 11.9 Å². The number of benzene rings is 2. The quantitative estimate of drug-likeness (QED) is 0.776. The van der Waals surface area contributed by atoms with Crippen molar-refractivity contribution in [3.63, 3.8) is 0 Å². The van der Waals surface area contributed by atoms with Gasteiger partial charge >= 0.3 is 0 Å². The molecule has 122 valence electrons. The van der Waals surface area contributed by atoms with Crippen LogP contribution < -0.4 is 5.32 Å². The first-order chi connectivity index (χ1) is 11.8. The topological polar surface area (TPSA) is 48.1 Å². The van der Waals surface area contributed by atoms with Gasteiger partial charge in [-0.3, -0.25) is 9.69 Å². The largest absolute Gasteiger partial charge is 0.360 e. The molecule has 1 aliphatic rings. The summed E-state index contributed by atoms with van der Waals surface area (Å²) < 4.78 is 0. The first-order valence-corrected chi connectivity index (χ1v) is 8.43. The number of aromatic nitrogens is 1. The second-order valence-electron chi connectivity index (χ2n) is 6.43. The van der Waals surface area contributed by atoms with Crippen LogP contribution in [-0.4, -0.2) is 34.9 Å². The van der Waals surface area contributed by atoms with E-state index in [9.17, 15) is 4.79 Å². The van der Waals surface area contributed by atoms with Crippen molar-refractivity contribution >= 4 is 16.8 Å². The molecule has 24 heavy (non-hydrogen) atoms. The minimum Gasteiger partial charge on any atom is -0.360 e. The number of nitrogens with zero attached hydrogens (tertiary/aromatic N) is 1. The number of amides is 1. The smallest absolute Gasteiger partial charge is 0.253 e. The van der Waals surface area contributed by atoms with E-state index >= 15 is 0 Å². The molecule has 3 aromatic rings. The van der Waals surface area contributed by atoms with Crippen molar-refractivity contribution in [3.8, 4) is 0 Å². The lowest BCUT2D eigenvalue weighted by Crippen LogP contribution is -2.36. The summed E-state index contributed by atoms with van der Waals surface area (Å²) in [5.74, 6) is 0.0130. The molecule has 0 spiro atoms. The third-order valence-corrected chi connectivity index (χ3v) is 4.69. The molecule has 4 nitrogen and oxygen atoms in total. The second-order valence-corrected chi connectivity index (χ2v) is 6.43. The van der Waals surface area contributed by atoms with Crippen LogP contribution >= 0.6 is 0 Å². The van der Waals surface area contributed by atoms with Crippen LogP contribution in [0.4, 0.5) is 0 Å². The van der Waals surface area contributed by atoms with E-state index in [1.54, 1.807) is 6.20 Å². The van der Waals surface area contributed by atoms with Crippen molar-refractivity contribution in [2.24, 2.45) is 0 Å². The summed E-state index contributed by atoms with van der Waals surface area (Å²) in [4.78, 5) is 18.2. The molecule has 1 aromatic heterocycles. The Labute approximate surface area is 141 Å². The Kier molecular flexibility index (Phi) is 4.05. The summed E-state index contributed by atoms with van der Waals surface area (Å²) in [6.45, 7) is 2.87. The molecule has 2 N–H and O–H groups in total. The zero-order chi connectivity index (χ0) is 16.4. The second kappa shape index (κ2) is 6.49. The highest BCUT2D eigenvalue weighted by Gasteiger charge is 2.24. The van der Waals surface area contributed by atoms with E-state index in [4.69, 9.17) is 0 Å². The van der Waals surface area contributed by atoms with Gasteiger partial charge in [0.05, 0.1) is 5.56 Å².